The largest absolute Gasteiger partial charge is 0.494 e. The average molecular weight is 438 g/mol. The van der Waals surface area contributed by atoms with Crippen LogP contribution in [0, 0.1) is 0 Å². The highest BCUT2D eigenvalue weighted by molar-refractivity contribution is 7.89. The fourth-order valence-corrected chi connectivity index (χ4v) is 4.65. The Labute approximate surface area is 176 Å². The smallest absolute Gasteiger partial charge is 0.272 e. The minimum Gasteiger partial charge on any atom is -0.494 e. The van der Waals surface area contributed by atoms with Crippen LogP contribution >= 0.6 is 0 Å². The Morgan fingerprint density at radius 3 is 2.50 bits per heavy atom. The van der Waals surface area contributed by atoms with Gasteiger partial charge in [0.05, 0.1) is 32.1 Å². The Kier molecular flexibility index (Phi) is 7.01. The number of sulfonamides is 1. The summed E-state index contributed by atoms with van der Waals surface area (Å²) in [6, 6.07) is 6.55. The highest BCUT2D eigenvalue weighted by atomic mass is 32.2. The van der Waals surface area contributed by atoms with Crippen LogP contribution in [0.3, 0.4) is 0 Å². The van der Waals surface area contributed by atoms with Crippen molar-refractivity contribution in [3.63, 3.8) is 0 Å². The fourth-order valence-electron chi connectivity index (χ4n) is 3.17. The first kappa shape index (κ1) is 22.1. The molecular formula is C20H27N3O6S. The minimum absolute atomic E-state index is 0.0742. The van der Waals surface area contributed by atoms with Gasteiger partial charge >= 0.3 is 0 Å². The maximum atomic E-state index is 12.9. The normalized spacial score (nSPS) is 15.0. The Morgan fingerprint density at radius 2 is 1.83 bits per heavy atom. The van der Waals surface area contributed by atoms with Crippen LogP contribution in [0.2, 0.25) is 0 Å². The van der Waals surface area contributed by atoms with Crippen molar-refractivity contribution in [1.29, 1.82) is 0 Å². The van der Waals surface area contributed by atoms with Crippen molar-refractivity contribution in [2.24, 2.45) is 7.05 Å². The van der Waals surface area contributed by atoms with Crippen LogP contribution in [-0.4, -0.2) is 62.7 Å². The third-order valence-electron chi connectivity index (χ3n) is 4.63. The molecule has 1 fully saturated rings. The molecule has 164 valence electrons. The van der Waals surface area contributed by atoms with E-state index in [1.807, 2.05) is 13.8 Å². The van der Waals surface area contributed by atoms with E-state index in [1.54, 1.807) is 25.2 Å². The van der Waals surface area contributed by atoms with E-state index < -0.39 is 15.9 Å². The van der Waals surface area contributed by atoms with Crippen LogP contribution in [0.4, 0.5) is 5.69 Å². The van der Waals surface area contributed by atoms with Gasteiger partial charge in [-0.25, -0.2) is 8.42 Å². The van der Waals surface area contributed by atoms with E-state index in [1.165, 1.54) is 21.1 Å². The van der Waals surface area contributed by atoms with E-state index in [0.717, 1.165) is 0 Å². The number of ether oxygens (including phenoxy) is 3. The molecule has 0 radical (unpaired) electrons. The molecule has 1 aliphatic heterocycles. The first-order valence-corrected chi connectivity index (χ1v) is 11.3. The number of carbonyl (C=O) groups excluding carboxylic acids is 1. The van der Waals surface area contributed by atoms with E-state index >= 15 is 0 Å². The van der Waals surface area contributed by atoms with Crippen molar-refractivity contribution < 1.29 is 27.4 Å². The van der Waals surface area contributed by atoms with Gasteiger partial charge in [-0.2, -0.15) is 4.31 Å². The van der Waals surface area contributed by atoms with Crippen LogP contribution in [0.1, 0.15) is 24.3 Å². The lowest BCUT2D eigenvalue weighted by atomic mass is 10.2. The van der Waals surface area contributed by atoms with Gasteiger partial charge in [-0.15, -0.1) is 0 Å². The Bertz CT molecular complexity index is 996. The van der Waals surface area contributed by atoms with Crippen LogP contribution in [-0.2, 0) is 21.8 Å². The van der Waals surface area contributed by atoms with Crippen LogP contribution in [0.15, 0.2) is 35.4 Å². The molecule has 1 N–H and O–H groups in total. The summed E-state index contributed by atoms with van der Waals surface area (Å²) in [5.41, 5.74) is 0.665. The Morgan fingerprint density at radius 1 is 1.13 bits per heavy atom. The van der Waals surface area contributed by atoms with Crippen molar-refractivity contribution >= 4 is 21.6 Å². The van der Waals surface area contributed by atoms with Gasteiger partial charge in [-0.05, 0) is 32.0 Å². The topological polar surface area (TPSA) is 99.1 Å². The second-order valence-electron chi connectivity index (χ2n) is 6.67. The van der Waals surface area contributed by atoms with Gasteiger partial charge in [0.1, 0.15) is 22.1 Å². The lowest BCUT2D eigenvalue weighted by Crippen LogP contribution is -2.40. The standard InChI is InChI=1S/C20H27N3O6S/c1-4-28-15-6-7-19(29-5-2)17(12-15)21-20(24)18-13-16(14-22(18)3)30(25,26)23-8-10-27-11-9-23/h6-7,12-14H,4-5,8-11H2,1-3H3,(H,21,24). The van der Waals surface area contributed by atoms with Crippen LogP contribution < -0.4 is 14.8 Å². The Balaban J connectivity index is 1.85. The lowest BCUT2D eigenvalue weighted by molar-refractivity contribution is 0.0730. The summed E-state index contributed by atoms with van der Waals surface area (Å²) in [5.74, 6) is 0.652. The molecule has 1 amide bonds. The summed E-state index contributed by atoms with van der Waals surface area (Å²) >= 11 is 0. The number of aromatic nitrogens is 1. The highest BCUT2D eigenvalue weighted by Gasteiger charge is 2.29. The number of hydrogen-bond donors (Lipinski definition) is 1. The van der Waals surface area contributed by atoms with Gasteiger partial charge in [0.15, 0.2) is 0 Å². The number of hydrogen-bond acceptors (Lipinski definition) is 6. The zero-order valence-electron chi connectivity index (χ0n) is 17.4. The molecule has 0 bridgehead atoms. The molecule has 3 rings (SSSR count). The molecule has 1 saturated heterocycles. The third-order valence-corrected chi connectivity index (χ3v) is 6.49. The molecule has 0 atom stereocenters. The molecule has 0 aliphatic carbocycles. The number of nitrogens with zero attached hydrogens (tertiary/aromatic N) is 2. The molecule has 1 aromatic carbocycles. The predicted octanol–water partition coefficient (Wildman–Crippen LogP) is 2.10. The molecule has 0 spiro atoms. The third kappa shape index (κ3) is 4.77. The zero-order valence-corrected chi connectivity index (χ0v) is 18.2. The molecule has 2 heterocycles. The number of morpholine rings is 1. The van der Waals surface area contributed by atoms with Crippen LogP contribution in [0.25, 0.3) is 0 Å². The molecule has 0 unspecified atom stereocenters. The molecule has 1 aliphatic rings. The monoisotopic (exact) mass is 437 g/mol. The van der Waals surface area contributed by atoms with E-state index in [0.29, 0.717) is 56.7 Å². The first-order chi connectivity index (χ1) is 14.4. The summed E-state index contributed by atoms with van der Waals surface area (Å²) in [6.45, 7) is 5.94. The van der Waals surface area contributed by atoms with E-state index in [-0.39, 0.29) is 10.6 Å². The minimum atomic E-state index is -3.69. The average Bonchev–Trinajstić information content (AvgIpc) is 3.13. The number of aryl methyl sites for hydroxylation is 1. The number of carbonyl (C=O) groups is 1. The van der Waals surface area contributed by atoms with Crippen molar-refractivity contribution in [3.05, 3.63) is 36.2 Å². The first-order valence-electron chi connectivity index (χ1n) is 9.82. The quantitative estimate of drug-likeness (QED) is 0.679. The summed E-state index contributed by atoms with van der Waals surface area (Å²) in [5, 5.41) is 2.80. The molecule has 0 saturated carbocycles. The number of amides is 1. The van der Waals surface area contributed by atoms with Gasteiger partial charge in [0.25, 0.3) is 5.91 Å². The summed E-state index contributed by atoms with van der Waals surface area (Å²) in [7, 11) is -2.06. The van der Waals surface area contributed by atoms with Crippen LogP contribution in [0.5, 0.6) is 11.5 Å². The maximum absolute atomic E-state index is 12.9. The van der Waals surface area contributed by atoms with E-state index in [2.05, 4.69) is 5.32 Å². The number of anilines is 1. The van der Waals surface area contributed by atoms with Crippen molar-refractivity contribution in [2.75, 3.05) is 44.8 Å². The highest BCUT2D eigenvalue weighted by Crippen LogP contribution is 2.30. The summed E-state index contributed by atoms with van der Waals surface area (Å²) in [6.07, 6.45) is 1.44. The second kappa shape index (κ2) is 9.50. The molecule has 30 heavy (non-hydrogen) atoms. The molecule has 2 aromatic rings. The fraction of sp³-hybridized carbons (Fsp3) is 0.450. The van der Waals surface area contributed by atoms with Gasteiger partial charge in [-0.1, -0.05) is 0 Å². The SMILES string of the molecule is CCOc1ccc(OCC)c(NC(=O)c2cc(S(=O)(=O)N3CCOCC3)cn2C)c1. The lowest BCUT2D eigenvalue weighted by Gasteiger charge is -2.25. The molecule has 1 aromatic heterocycles. The predicted molar refractivity (Wildman–Crippen MR) is 112 cm³/mol. The molecule has 9 nitrogen and oxygen atoms in total. The molecule has 10 heteroatoms. The van der Waals surface area contributed by atoms with Crippen molar-refractivity contribution in [2.45, 2.75) is 18.7 Å². The second-order valence-corrected chi connectivity index (χ2v) is 8.60. The number of benzene rings is 1. The summed E-state index contributed by atoms with van der Waals surface area (Å²) in [4.78, 5) is 13.0. The number of rotatable bonds is 8. The zero-order chi connectivity index (χ0) is 21.7. The van der Waals surface area contributed by atoms with Gasteiger partial charge in [0.2, 0.25) is 10.0 Å². The van der Waals surface area contributed by atoms with Gasteiger partial charge < -0.3 is 24.1 Å². The van der Waals surface area contributed by atoms with Gasteiger partial charge in [-0.3, -0.25) is 4.79 Å². The Hall–Kier alpha value is -2.56. The maximum Gasteiger partial charge on any atom is 0.272 e. The molecular weight excluding hydrogens is 410 g/mol. The number of nitrogens with one attached hydrogen (secondary N) is 1. The van der Waals surface area contributed by atoms with E-state index in [4.69, 9.17) is 14.2 Å². The van der Waals surface area contributed by atoms with Gasteiger partial charge in [0, 0.05) is 32.4 Å². The summed E-state index contributed by atoms with van der Waals surface area (Å²) < 4.78 is 44.9. The van der Waals surface area contributed by atoms with Crippen molar-refractivity contribution in [3.8, 4) is 11.5 Å². The van der Waals surface area contributed by atoms with Crippen molar-refractivity contribution in [1.82, 2.24) is 8.87 Å². The van der Waals surface area contributed by atoms with E-state index in [9.17, 15) is 13.2 Å².